The second kappa shape index (κ2) is 5.47. The zero-order valence-electron chi connectivity index (χ0n) is 10.00. The van der Waals surface area contributed by atoms with E-state index in [1.807, 2.05) is 17.0 Å². The summed E-state index contributed by atoms with van der Waals surface area (Å²) in [6, 6.07) is 5.61. The molecule has 0 spiro atoms. The Morgan fingerprint density at radius 2 is 2.56 bits per heavy atom. The number of carbonyl (C=O) groups is 1. The second-order valence-electron chi connectivity index (χ2n) is 3.81. The number of esters is 1. The van der Waals surface area contributed by atoms with Gasteiger partial charge < -0.3 is 14.4 Å². The molecule has 1 atom stereocenters. The highest BCUT2D eigenvalue weighted by Gasteiger charge is 2.28. The number of aromatic nitrogens is 1. The van der Waals surface area contributed by atoms with Crippen molar-refractivity contribution in [3.05, 3.63) is 24.0 Å². The van der Waals surface area contributed by atoms with E-state index in [-0.39, 0.29) is 0 Å². The Balaban J connectivity index is 2.18. The summed E-state index contributed by atoms with van der Waals surface area (Å²) in [6.07, 6.45) is 0.954. The number of morpholine rings is 1. The van der Waals surface area contributed by atoms with E-state index in [4.69, 9.17) is 10.00 Å². The van der Waals surface area contributed by atoms with Gasteiger partial charge in [-0.05, 0) is 12.1 Å². The molecule has 1 aliphatic rings. The standard InChI is InChI=1S/C12H13N3O3/c1-17-12(16)11-8-15(5-6-18-11)10-3-2-4-14-9(10)7-13/h2-4,11H,5-6,8H2,1H3. The lowest BCUT2D eigenvalue weighted by atomic mass is 10.2. The third kappa shape index (κ3) is 2.41. The molecule has 1 aliphatic heterocycles. The van der Waals surface area contributed by atoms with Crippen LogP contribution in [-0.4, -0.2) is 43.9 Å². The highest BCUT2D eigenvalue weighted by molar-refractivity contribution is 5.76. The number of nitrogens with zero attached hydrogens (tertiary/aromatic N) is 3. The minimum absolute atomic E-state index is 0.350. The molecule has 0 aliphatic carbocycles. The summed E-state index contributed by atoms with van der Waals surface area (Å²) in [5.41, 5.74) is 1.07. The van der Waals surface area contributed by atoms with Gasteiger partial charge in [0.25, 0.3) is 0 Å². The summed E-state index contributed by atoms with van der Waals surface area (Å²) in [4.78, 5) is 17.4. The summed E-state index contributed by atoms with van der Waals surface area (Å²) >= 11 is 0. The van der Waals surface area contributed by atoms with Gasteiger partial charge in [0.1, 0.15) is 6.07 Å². The highest BCUT2D eigenvalue weighted by atomic mass is 16.6. The zero-order chi connectivity index (χ0) is 13.0. The van der Waals surface area contributed by atoms with Gasteiger partial charge in [0.2, 0.25) is 0 Å². The molecule has 0 radical (unpaired) electrons. The average molecular weight is 247 g/mol. The van der Waals surface area contributed by atoms with Crippen LogP contribution >= 0.6 is 0 Å². The predicted molar refractivity (Wildman–Crippen MR) is 62.9 cm³/mol. The molecule has 2 rings (SSSR count). The Hall–Kier alpha value is -2.13. The van der Waals surface area contributed by atoms with Crippen LogP contribution < -0.4 is 4.90 Å². The maximum atomic E-state index is 11.4. The number of nitriles is 1. The first-order chi connectivity index (χ1) is 8.76. The first kappa shape index (κ1) is 12.3. The van der Waals surface area contributed by atoms with Crippen molar-refractivity contribution in [2.45, 2.75) is 6.10 Å². The van der Waals surface area contributed by atoms with Crippen molar-refractivity contribution in [2.75, 3.05) is 31.7 Å². The van der Waals surface area contributed by atoms with Crippen LogP contribution in [0.4, 0.5) is 5.69 Å². The molecule has 6 heteroatoms. The fraction of sp³-hybridized carbons (Fsp3) is 0.417. The molecule has 1 fully saturated rings. The van der Waals surface area contributed by atoms with Gasteiger partial charge in [-0.2, -0.15) is 5.26 Å². The Morgan fingerprint density at radius 1 is 1.72 bits per heavy atom. The maximum absolute atomic E-state index is 11.4. The second-order valence-corrected chi connectivity index (χ2v) is 3.81. The third-order valence-corrected chi connectivity index (χ3v) is 2.76. The Kier molecular flexibility index (Phi) is 3.75. The topological polar surface area (TPSA) is 75.5 Å². The Bertz CT molecular complexity index is 484. The monoisotopic (exact) mass is 247 g/mol. The number of carbonyl (C=O) groups excluding carboxylic acids is 1. The maximum Gasteiger partial charge on any atom is 0.336 e. The molecule has 94 valence electrons. The smallest absolute Gasteiger partial charge is 0.336 e. The molecule has 0 saturated carbocycles. The van der Waals surface area contributed by atoms with Crippen molar-refractivity contribution in [1.82, 2.24) is 4.98 Å². The van der Waals surface area contributed by atoms with Crippen molar-refractivity contribution in [3.63, 3.8) is 0 Å². The van der Waals surface area contributed by atoms with Crippen molar-refractivity contribution in [3.8, 4) is 6.07 Å². The molecule has 6 nitrogen and oxygen atoms in total. The van der Waals surface area contributed by atoms with Crippen molar-refractivity contribution < 1.29 is 14.3 Å². The molecular weight excluding hydrogens is 234 g/mol. The van der Waals surface area contributed by atoms with E-state index in [9.17, 15) is 4.79 Å². The molecule has 0 amide bonds. The first-order valence-electron chi connectivity index (χ1n) is 5.55. The number of rotatable bonds is 2. The lowest BCUT2D eigenvalue weighted by Gasteiger charge is -2.33. The van der Waals surface area contributed by atoms with Gasteiger partial charge in [0.15, 0.2) is 11.8 Å². The lowest BCUT2D eigenvalue weighted by Crippen LogP contribution is -2.46. The van der Waals surface area contributed by atoms with E-state index in [2.05, 4.69) is 9.72 Å². The lowest BCUT2D eigenvalue weighted by molar-refractivity contribution is -0.154. The number of hydrogen-bond acceptors (Lipinski definition) is 6. The Morgan fingerprint density at radius 3 is 3.28 bits per heavy atom. The minimum Gasteiger partial charge on any atom is -0.467 e. The van der Waals surface area contributed by atoms with E-state index in [1.54, 1.807) is 12.3 Å². The van der Waals surface area contributed by atoms with Crippen LogP contribution in [0.2, 0.25) is 0 Å². The number of pyridine rings is 1. The normalized spacial score (nSPS) is 19.1. The first-order valence-corrected chi connectivity index (χ1v) is 5.55. The van der Waals surface area contributed by atoms with Crippen molar-refractivity contribution in [1.29, 1.82) is 5.26 Å². The molecule has 1 unspecified atom stereocenters. The van der Waals surface area contributed by atoms with Crippen LogP contribution in [0.5, 0.6) is 0 Å². The molecule has 0 N–H and O–H groups in total. The fourth-order valence-corrected chi connectivity index (χ4v) is 1.88. The van der Waals surface area contributed by atoms with Crippen molar-refractivity contribution in [2.24, 2.45) is 0 Å². The van der Waals surface area contributed by atoms with E-state index in [0.29, 0.717) is 25.4 Å². The van der Waals surface area contributed by atoms with E-state index in [1.165, 1.54) is 7.11 Å². The molecule has 1 aromatic heterocycles. The van der Waals surface area contributed by atoms with Crippen molar-refractivity contribution >= 4 is 11.7 Å². The summed E-state index contributed by atoms with van der Waals surface area (Å²) in [5, 5.41) is 9.01. The predicted octanol–water partition coefficient (Wildman–Crippen LogP) is 0.331. The fourth-order valence-electron chi connectivity index (χ4n) is 1.88. The van der Waals surface area contributed by atoms with Gasteiger partial charge in [-0.15, -0.1) is 0 Å². The number of ether oxygens (including phenoxy) is 2. The van der Waals surface area contributed by atoms with Crippen LogP contribution in [0, 0.1) is 11.3 Å². The Labute approximate surface area is 105 Å². The molecule has 2 heterocycles. The van der Waals surface area contributed by atoms with Gasteiger partial charge in [-0.3, -0.25) is 0 Å². The van der Waals surface area contributed by atoms with Gasteiger partial charge in [0.05, 0.1) is 25.9 Å². The number of anilines is 1. The largest absolute Gasteiger partial charge is 0.467 e. The number of methoxy groups -OCH3 is 1. The zero-order valence-corrected chi connectivity index (χ0v) is 10.00. The van der Waals surface area contributed by atoms with Crippen LogP contribution in [0.15, 0.2) is 18.3 Å². The number of hydrogen-bond donors (Lipinski definition) is 0. The average Bonchev–Trinajstić information content (AvgIpc) is 2.46. The van der Waals surface area contributed by atoms with Gasteiger partial charge in [-0.25, -0.2) is 9.78 Å². The molecule has 0 bridgehead atoms. The highest BCUT2D eigenvalue weighted by Crippen LogP contribution is 2.20. The van der Waals surface area contributed by atoms with Gasteiger partial charge in [-0.1, -0.05) is 0 Å². The van der Waals surface area contributed by atoms with Crippen LogP contribution in [-0.2, 0) is 14.3 Å². The molecule has 1 saturated heterocycles. The minimum atomic E-state index is -0.615. The summed E-state index contributed by atoms with van der Waals surface area (Å²) in [7, 11) is 1.33. The van der Waals surface area contributed by atoms with E-state index in [0.717, 1.165) is 5.69 Å². The molecule has 1 aromatic rings. The molecule has 0 aromatic carbocycles. The molecular formula is C12H13N3O3. The van der Waals surface area contributed by atoms with E-state index >= 15 is 0 Å². The van der Waals surface area contributed by atoms with Crippen LogP contribution in [0.3, 0.4) is 0 Å². The summed E-state index contributed by atoms with van der Waals surface area (Å²) in [5.74, 6) is -0.401. The third-order valence-electron chi connectivity index (χ3n) is 2.76. The van der Waals surface area contributed by atoms with E-state index < -0.39 is 12.1 Å². The quantitative estimate of drug-likeness (QED) is 0.701. The SMILES string of the molecule is COC(=O)C1CN(c2cccnc2C#N)CCO1. The summed E-state index contributed by atoms with van der Waals surface area (Å²) < 4.78 is 10.00. The summed E-state index contributed by atoms with van der Waals surface area (Å²) in [6.45, 7) is 1.40. The molecule has 18 heavy (non-hydrogen) atoms. The van der Waals surface area contributed by atoms with Crippen LogP contribution in [0.1, 0.15) is 5.69 Å². The van der Waals surface area contributed by atoms with Gasteiger partial charge in [0, 0.05) is 12.7 Å². The van der Waals surface area contributed by atoms with Crippen LogP contribution in [0.25, 0.3) is 0 Å². The van der Waals surface area contributed by atoms with Gasteiger partial charge >= 0.3 is 5.97 Å².